The van der Waals surface area contributed by atoms with Gasteiger partial charge < -0.3 is 4.42 Å². The maximum atomic E-state index is 6.21. The fourth-order valence-electron chi connectivity index (χ4n) is 3.54. The van der Waals surface area contributed by atoms with E-state index in [1.54, 1.807) is 0 Å². The van der Waals surface area contributed by atoms with Crippen LogP contribution in [0.4, 0.5) is 0 Å². The van der Waals surface area contributed by atoms with E-state index in [-0.39, 0.29) is 0 Å². The number of para-hydroxylation sites is 1. The summed E-state index contributed by atoms with van der Waals surface area (Å²) in [4.78, 5) is 0. The van der Waals surface area contributed by atoms with Crippen molar-refractivity contribution in [1.82, 2.24) is 0 Å². The van der Waals surface area contributed by atoms with Gasteiger partial charge in [0.25, 0.3) is 0 Å². The Morgan fingerprint density at radius 3 is 2.38 bits per heavy atom. The van der Waals surface area contributed by atoms with Crippen LogP contribution in [-0.2, 0) is 0 Å². The number of benzene rings is 4. The Hall–Kier alpha value is -3.06. The fourth-order valence-corrected chi connectivity index (χ4v) is 3.54. The normalized spacial score (nSPS) is 11.5. The van der Waals surface area contributed by atoms with Crippen LogP contribution >= 0.6 is 0 Å². The first-order chi connectivity index (χ1) is 11.8. The van der Waals surface area contributed by atoms with Crippen molar-refractivity contribution in [3.63, 3.8) is 0 Å². The highest BCUT2D eigenvalue weighted by Gasteiger charge is 2.13. The van der Waals surface area contributed by atoms with Crippen LogP contribution in [0.25, 0.3) is 43.8 Å². The highest BCUT2D eigenvalue weighted by Crippen LogP contribution is 2.37. The van der Waals surface area contributed by atoms with Gasteiger partial charge in [0.15, 0.2) is 0 Å². The summed E-state index contributed by atoms with van der Waals surface area (Å²) < 4.78 is 6.21. The average molecular weight is 308 g/mol. The highest BCUT2D eigenvalue weighted by atomic mass is 16.3. The molecule has 0 radical (unpaired) electrons. The zero-order valence-electron chi connectivity index (χ0n) is 13.4. The summed E-state index contributed by atoms with van der Waals surface area (Å²) in [6.45, 7) is 2.14. The first-order valence-corrected chi connectivity index (χ1v) is 8.21. The molecule has 0 unspecified atom stereocenters. The largest absolute Gasteiger partial charge is 0.455 e. The topological polar surface area (TPSA) is 13.1 Å². The molecule has 1 aromatic heterocycles. The number of rotatable bonds is 1. The van der Waals surface area contributed by atoms with Crippen LogP contribution in [0.15, 0.2) is 83.3 Å². The molecular formula is C23H16O. The summed E-state index contributed by atoms with van der Waals surface area (Å²) in [5.41, 5.74) is 5.52. The van der Waals surface area contributed by atoms with E-state index in [1.807, 2.05) is 12.1 Å². The molecule has 0 aliphatic rings. The van der Waals surface area contributed by atoms with E-state index in [4.69, 9.17) is 4.42 Å². The van der Waals surface area contributed by atoms with Gasteiger partial charge in [0.1, 0.15) is 11.2 Å². The number of fused-ring (bicyclic) bond motifs is 4. The molecule has 0 aliphatic heterocycles. The predicted molar refractivity (Wildman–Crippen MR) is 101 cm³/mol. The van der Waals surface area contributed by atoms with Crippen molar-refractivity contribution in [3.05, 3.63) is 84.4 Å². The molecule has 0 fully saturated rings. The monoisotopic (exact) mass is 308 g/mol. The number of furan rings is 1. The Kier molecular flexibility index (Phi) is 2.77. The molecule has 0 aliphatic carbocycles. The summed E-state index contributed by atoms with van der Waals surface area (Å²) in [6.07, 6.45) is 0. The van der Waals surface area contributed by atoms with Gasteiger partial charge in [-0.3, -0.25) is 0 Å². The van der Waals surface area contributed by atoms with Gasteiger partial charge in [0.2, 0.25) is 0 Å². The second-order valence-corrected chi connectivity index (χ2v) is 6.35. The third-order valence-corrected chi connectivity index (χ3v) is 4.68. The lowest BCUT2D eigenvalue weighted by atomic mass is 9.97. The molecule has 0 amide bonds. The van der Waals surface area contributed by atoms with E-state index < -0.39 is 0 Å². The van der Waals surface area contributed by atoms with Crippen molar-refractivity contribution in [2.24, 2.45) is 0 Å². The molecule has 0 atom stereocenters. The Morgan fingerprint density at radius 2 is 1.46 bits per heavy atom. The van der Waals surface area contributed by atoms with Crippen LogP contribution in [0.5, 0.6) is 0 Å². The molecule has 5 rings (SSSR count). The molecule has 5 aromatic rings. The van der Waals surface area contributed by atoms with E-state index in [0.29, 0.717) is 0 Å². The minimum Gasteiger partial charge on any atom is -0.455 e. The zero-order chi connectivity index (χ0) is 16.1. The van der Waals surface area contributed by atoms with E-state index in [2.05, 4.69) is 73.7 Å². The molecule has 24 heavy (non-hydrogen) atoms. The fraction of sp³-hybridized carbons (Fsp3) is 0.0435. The van der Waals surface area contributed by atoms with Gasteiger partial charge in [0, 0.05) is 16.3 Å². The third-order valence-electron chi connectivity index (χ3n) is 4.68. The minimum atomic E-state index is 0.945. The minimum absolute atomic E-state index is 0.945. The van der Waals surface area contributed by atoms with Gasteiger partial charge in [-0.15, -0.1) is 0 Å². The summed E-state index contributed by atoms with van der Waals surface area (Å²) in [5.74, 6) is 0. The second-order valence-electron chi connectivity index (χ2n) is 6.35. The molecule has 0 N–H and O–H groups in total. The van der Waals surface area contributed by atoms with Gasteiger partial charge in [-0.2, -0.15) is 0 Å². The quantitative estimate of drug-likeness (QED) is 0.335. The van der Waals surface area contributed by atoms with E-state index in [0.717, 1.165) is 16.7 Å². The first kappa shape index (κ1) is 13.4. The molecule has 0 bridgehead atoms. The Morgan fingerprint density at radius 1 is 0.667 bits per heavy atom. The number of hydrogen-bond donors (Lipinski definition) is 0. The van der Waals surface area contributed by atoms with Crippen molar-refractivity contribution in [2.75, 3.05) is 0 Å². The average Bonchev–Trinajstić information content (AvgIpc) is 2.99. The van der Waals surface area contributed by atoms with Gasteiger partial charge in [0.05, 0.1) is 0 Å². The molecule has 4 aromatic carbocycles. The van der Waals surface area contributed by atoms with Crippen LogP contribution in [0, 0.1) is 6.92 Å². The summed E-state index contributed by atoms with van der Waals surface area (Å²) in [5, 5.41) is 4.88. The third kappa shape index (κ3) is 1.95. The molecular weight excluding hydrogens is 292 g/mol. The lowest BCUT2D eigenvalue weighted by Crippen LogP contribution is -1.82. The van der Waals surface area contributed by atoms with Crippen LogP contribution in [-0.4, -0.2) is 0 Å². The molecule has 114 valence electrons. The molecule has 1 nitrogen and oxygen atoms in total. The Bertz CT molecular complexity index is 1210. The van der Waals surface area contributed by atoms with Crippen molar-refractivity contribution in [3.8, 4) is 11.1 Å². The molecule has 1 heterocycles. The van der Waals surface area contributed by atoms with Gasteiger partial charge in [-0.05, 0) is 53.1 Å². The summed E-state index contributed by atoms with van der Waals surface area (Å²) >= 11 is 0. The van der Waals surface area contributed by atoms with Crippen molar-refractivity contribution in [1.29, 1.82) is 0 Å². The summed E-state index contributed by atoms with van der Waals surface area (Å²) in [7, 11) is 0. The lowest BCUT2D eigenvalue weighted by molar-refractivity contribution is 0.670. The van der Waals surface area contributed by atoms with Crippen LogP contribution in [0.3, 0.4) is 0 Å². The molecule has 1 heteroatoms. The molecule has 0 saturated heterocycles. The smallest absolute Gasteiger partial charge is 0.143 e. The van der Waals surface area contributed by atoms with Gasteiger partial charge in [-0.25, -0.2) is 0 Å². The van der Waals surface area contributed by atoms with Gasteiger partial charge in [-0.1, -0.05) is 54.6 Å². The van der Waals surface area contributed by atoms with Crippen LogP contribution in [0.1, 0.15) is 5.56 Å². The van der Waals surface area contributed by atoms with Crippen LogP contribution < -0.4 is 0 Å². The van der Waals surface area contributed by atoms with Crippen molar-refractivity contribution in [2.45, 2.75) is 6.92 Å². The van der Waals surface area contributed by atoms with Crippen molar-refractivity contribution < 1.29 is 4.42 Å². The first-order valence-electron chi connectivity index (χ1n) is 8.21. The molecule has 0 saturated carbocycles. The number of aryl methyl sites for hydroxylation is 1. The standard InChI is InChI=1S/C23H16O/c1-15-12-20(18-11-10-16-6-2-3-7-17(16)14-18)23-21(13-15)19-8-4-5-9-22(19)24-23/h2-14H,1H3. The van der Waals surface area contributed by atoms with Gasteiger partial charge >= 0.3 is 0 Å². The molecule has 0 spiro atoms. The summed E-state index contributed by atoms with van der Waals surface area (Å²) in [6, 6.07) is 27.8. The predicted octanol–water partition coefficient (Wildman–Crippen LogP) is 6.71. The Balaban J connectivity index is 1.87. The Labute approximate surface area is 140 Å². The van der Waals surface area contributed by atoms with E-state index >= 15 is 0 Å². The van der Waals surface area contributed by atoms with Crippen molar-refractivity contribution >= 4 is 32.7 Å². The SMILES string of the molecule is Cc1cc(-c2ccc3ccccc3c2)c2oc3ccccc3c2c1. The second kappa shape index (κ2) is 4.97. The van der Waals surface area contributed by atoms with Crippen LogP contribution in [0.2, 0.25) is 0 Å². The van der Waals surface area contributed by atoms with E-state index in [9.17, 15) is 0 Å². The maximum absolute atomic E-state index is 6.21. The lowest BCUT2D eigenvalue weighted by Gasteiger charge is -2.06. The zero-order valence-corrected chi connectivity index (χ0v) is 13.4. The number of hydrogen-bond acceptors (Lipinski definition) is 1. The maximum Gasteiger partial charge on any atom is 0.143 e. The van der Waals surface area contributed by atoms with E-state index in [1.165, 1.54) is 32.7 Å². The highest BCUT2D eigenvalue weighted by molar-refractivity contribution is 6.10.